The minimum absolute atomic E-state index is 0.0916. The van der Waals surface area contributed by atoms with Gasteiger partial charge in [0.2, 0.25) is 0 Å². The van der Waals surface area contributed by atoms with Gasteiger partial charge in [-0.25, -0.2) is 8.78 Å². The van der Waals surface area contributed by atoms with Crippen LogP contribution in [0.25, 0.3) is 0 Å². The van der Waals surface area contributed by atoms with E-state index in [-0.39, 0.29) is 10.2 Å². The predicted molar refractivity (Wildman–Crippen MR) is 72.5 cm³/mol. The van der Waals surface area contributed by atoms with E-state index in [4.69, 9.17) is 5.26 Å². The molecule has 96 valence electrons. The topological polar surface area (TPSA) is 35.8 Å². The van der Waals surface area contributed by atoms with Crippen LogP contribution in [-0.4, -0.2) is 0 Å². The molecular formula is C14H9BrF2N2. The predicted octanol–water partition coefficient (Wildman–Crippen LogP) is 4.21. The minimum Gasteiger partial charge on any atom is -0.379 e. The molecule has 0 spiro atoms. The highest BCUT2D eigenvalue weighted by Crippen LogP contribution is 2.23. The van der Waals surface area contributed by atoms with Gasteiger partial charge in [0, 0.05) is 12.6 Å². The molecule has 2 aromatic rings. The second-order valence-electron chi connectivity index (χ2n) is 3.91. The Bertz CT molecular complexity index is 633. The zero-order valence-corrected chi connectivity index (χ0v) is 11.3. The highest BCUT2D eigenvalue weighted by Gasteiger charge is 2.07. The van der Waals surface area contributed by atoms with Gasteiger partial charge in [-0.15, -0.1) is 0 Å². The maximum absolute atomic E-state index is 13.5. The first-order valence-electron chi connectivity index (χ1n) is 5.47. The summed E-state index contributed by atoms with van der Waals surface area (Å²) in [7, 11) is 0. The van der Waals surface area contributed by atoms with Crippen molar-refractivity contribution in [3.8, 4) is 6.07 Å². The fourth-order valence-electron chi connectivity index (χ4n) is 1.55. The highest BCUT2D eigenvalue weighted by molar-refractivity contribution is 9.10. The summed E-state index contributed by atoms with van der Waals surface area (Å²) in [5.41, 5.74) is 1.54. The summed E-state index contributed by atoms with van der Waals surface area (Å²) in [5, 5.41) is 11.5. The van der Waals surface area contributed by atoms with Gasteiger partial charge >= 0.3 is 0 Å². The molecule has 2 aromatic carbocycles. The van der Waals surface area contributed by atoms with Crippen molar-refractivity contribution in [3.63, 3.8) is 0 Å². The Morgan fingerprint density at radius 3 is 2.42 bits per heavy atom. The van der Waals surface area contributed by atoms with E-state index in [1.54, 1.807) is 24.3 Å². The molecule has 0 aliphatic rings. The number of anilines is 1. The lowest BCUT2D eigenvalue weighted by atomic mass is 10.1. The van der Waals surface area contributed by atoms with Crippen molar-refractivity contribution < 1.29 is 8.78 Å². The zero-order chi connectivity index (χ0) is 13.8. The summed E-state index contributed by atoms with van der Waals surface area (Å²) >= 11 is 2.92. The monoisotopic (exact) mass is 322 g/mol. The fourth-order valence-corrected chi connectivity index (χ4v) is 1.87. The first kappa shape index (κ1) is 13.5. The third-order valence-corrected chi connectivity index (χ3v) is 3.18. The molecule has 0 saturated heterocycles. The van der Waals surface area contributed by atoms with Gasteiger partial charge in [-0.05, 0) is 39.7 Å². The van der Waals surface area contributed by atoms with Crippen molar-refractivity contribution in [2.24, 2.45) is 0 Å². The van der Waals surface area contributed by atoms with Crippen LogP contribution in [0.3, 0.4) is 0 Å². The molecule has 5 heteroatoms. The van der Waals surface area contributed by atoms with Crippen LogP contribution in [0.15, 0.2) is 40.9 Å². The molecule has 2 nitrogen and oxygen atoms in total. The number of nitrogens with one attached hydrogen (secondary N) is 1. The van der Waals surface area contributed by atoms with E-state index in [0.717, 1.165) is 17.7 Å². The smallest absolute Gasteiger partial charge is 0.147 e. The number of rotatable bonds is 3. The van der Waals surface area contributed by atoms with E-state index >= 15 is 0 Å². The van der Waals surface area contributed by atoms with Crippen molar-refractivity contribution in [2.45, 2.75) is 6.54 Å². The van der Waals surface area contributed by atoms with Gasteiger partial charge in [-0.2, -0.15) is 5.26 Å². The van der Waals surface area contributed by atoms with E-state index < -0.39 is 11.6 Å². The maximum atomic E-state index is 13.5. The van der Waals surface area contributed by atoms with E-state index in [2.05, 4.69) is 21.2 Å². The molecule has 1 N–H and O–H groups in total. The molecule has 0 atom stereocenters. The van der Waals surface area contributed by atoms with Gasteiger partial charge < -0.3 is 5.32 Å². The molecular weight excluding hydrogens is 314 g/mol. The lowest BCUT2D eigenvalue weighted by Crippen LogP contribution is -2.02. The molecule has 0 saturated carbocycles. The molecule has 0 aliphatic carbocycles. The Balaban J connectivity index is 2.10. The largest absolute Gasteiger partial charge is 0.379 e. The molecule has 0 aliphatic heterocycles. The quantitative estimate of drug-likeness (QED) is 0.859. The lowest BCUT2D eigenvalue weighted by molar-refractivity contribution is 0.596. The zero-order valence-electron chi connectivity index (χ0n) is 9.75. The summed E-state index contributed by atoms with van der Waals surface area (Å²) in [4.78, 5) is 0. The minimum atomic E-state index is -0.526. The molecule has 2 rings (SSSR count). The molecule has 0 aromatic heterocycles. The second kappa shape index (κ2) is 5.81. The van der Waals surface area contributed by atoms with Crippen LogP contribution in [0.1, 0.15) is 11.1 Å². The van der Waals surface area contributed by atoms with Crippen LogP contribution in [-0.2, 0) is 6.54 Å². The Morgan fingerprint density at radius 1 is 1.11 bits per heavy atom. The third kappa shape index (κ3) is 3.30. The number of benzene rings is 2. The van der Waals surface area contributed by atoms with Gasteiger partial charge in [-0.3, -0.25) is 0 Å². The van der Waals surface area contributed by atoms with Crippen molar-refractivity contribution >= 4 is 21.6 Å². The lowest BCUT2D eigenvalue weighted by Gasteiger charge is -2.08. The SMILES string of the molecule is N#Cc1ccc(CNc2cc(F)c(Br)cc2F)cc1. The first-order chi connectivity index (χ1) is 9.10. The fraction of sp³-hybridized carbons (Fsp3) is 0.0714. The van der Waals surface area contributed by atoms with Crippen LogP contribution in [0.4, 0.5) is 14.5 Å². The van der Waals surface area contributed by atoms with Crippen molar-refractivity contribution in [1.29, 1.82) is 5.26 Å². The Labute approximate surface area is 117 Å². The standard InChI is InChI=1S/C14H9BrF2N2/c15-11-5-13(17)14(6-12(11)16)19-8-10-3-1-9(7-18)2-4-10/h1-6,19H,8H2. The molecule has 0 radical (unpaired) electrons. The van der Waals surface area contributed by atoms with Gasteiger partial charge in [0.05, 0.1) is 21.8 Å². The van der Waals surface area contributed by atoms with Crippen molar-refractivity contribution in [3.05, 3.63) is 63.6 Å². The van der Waals surface area contributed by atoms with E-state index in [1.165, 1.54) is 0 Å². The molecule has 19 heavy (non-hydrogen) atoms. The normalized spacial score (nSPS) is 10.0. The molecule has 0 amide bonds. The average molecular weight is 323 g/mol. The van der Waals surface area contributed by atoms with Gasteiger partial charge in [0.25, 0.3) is 0 Å². The number of halogens is 3. The Kier molecular flexibility index (Phi) is 4.13. The number of hydrogen-bond acceptors (Lipinski definition) is 2. The van der Waals surface area contributed by atoms with E-state index in [1.807, 2.05) is 6.07 Å². The summed E-state index contributed by atoms with van der Waals surface area (Å²) in [6.45, 7) is 0.351. The Hall–Kier alpha value is -1.93. The van der Waals surface area contributed by atoms with Gasteiger partial charge in [0.15, 0.2) is 0 Å². The second-order valence-corrected chi connectivity index (χ2v) is 4.76. The first-order valence-corrected chi connectivity index (χ1v) is 6.27. The molecule has 0 heterocycles. The van der Waals surface area contributed by atoms with Gasteiger partial charge in [0.1, 0.15) is 11.6 Å². The van der Waals surface area contributed by atoms with Gasteiger partial charge in [-0.1, -0.05) is 12.1 Å². The van der Waals surface area contributed by atoms with Crippen LogP contribution in [0, 0.1) is 23.0 Å². The van der Waals surface area contributed by atoms with Crippen LogP contribution in [0.5, 0.6) is 0 Å². The highest BCUT2D eigenvalue weighted by atomic mass is 79.9. The third-order valence-electron chi connectivity index (χ3n) is 2.58. The summed E-state index contributed by atoms with van der Waals surface area (Å²) < 4.78 is 26.9. The Morgan fingerprint density at radius 2 is 1.79 bits per heavy atom. The van der Waals surface area contributed by atoms with Crippen molar-refractivity contribution in [2.75, 3.05) is 5.32 Å². The number of nitrogens with zero attached hydrogens (tertiary/aromatic N) is 1. The van der Waals surface area contributed by atoms with E-state index in [0.29, 0.717) is 12.1 Å². The number of hydrogen-bond donors (Lipinski definition) is 1. The molecule has 0 unspecified atom stereocenters. The van der Waals surface area contributed by atoms with Crippen LogP contribution in [0.2, 0.25) is 0 Å². The van der Waals surface area contributed by atoms with Crippen LogP contribution >= 0.6 is 15.9 Å². The summed E-state index contributed by atoms with van der Waals surface area (Å²) in [6, 6.07) is 11.1. The van der Waals surface area contributed by atoms with Crippen LogP contribution < -0.4 is 5.32 Å². The van der Waals surface area contributed by atoms with E-state index in [9.17, 15) is 8.78 Å². The maximum Gasteiger partial charge on any atom is 0.147 e. The summed E-state index contributed by atoms with van der Waals surface area (Å²) in [5.74, 6) is -1.05. The summed E-state index contributed by atoms with van der Waals surface area (Å²) in [6.07, 6.45) is 0. The molecule has 0 fully saturated rings. The average Bonchev–Trinajstić information content (AvgIpc) is 2.42. The number of nitriles is 1. The van der Waals surface area contributed by atoms with Crippen molar-refractivity contribution in [1.82, 2.24) is 0 Å². The molecule has 0 bridgehead atoms.